The fourth-order valence-corrected chi connectivity index (χ4v) is 1.02. The molecule has 0 aromatic carbocycles. The van der Waals surface area contributed by atoms with E-state index >= 15 is 0 Å². The van der Waals surface area contributed by atoms with Crippen molar-refractivity contribution in [3.05, 3.63) is 18.0 Å². The number of carbonyl (C=O) groups excluding carboxylic acids is 1. The largest absolute Gasteiger partial charge is 0.380 e. The van der Waals surface area contributed by atoms with E-state index in [0.29, 0.717) is 18.8 Å². The smallest absolute Gasteiger partial charge is 0.254 e. The second-order valence-corrected chi connectivity index (χ2v) is 3.02. The molecule has 0 saturated carbocycles. The van der Waals surface area contributed by atoms with Crippen LogP contribution < -0.4 is 5.32 Å². The molecule has 1 unspecified atom stereocenters. The van der Waals surface area contributed by atoms with Crippen molar-refractivity contribution < 1.29 is 9.53 Å². The number of hydrogen-bond donors (Lipinski definition) is 2. The maximum Gasteiger partial charge on any atom is 0.254 e. The lowest BCUT2D eigenvalue weighted by Gasteiger charge is -2.12. The summed E-state index contributed by atoms with van der Waals surface area (Å²) in [6, 6.07) is 0.0114. The number of H-pyrrole nitrogens is 1. The molecule has 78 valence electrons. The van der Waals surface area contributed by atoms with Crippen LogP contribution in [-0.4, -0.2) is 35.4 Å². The molecular formula is C9H15N3O2. The molecule has 5 heteroatoms. The van der Waals surface area contributed by atoms with Gasteiger partial charge in [-0.1, -0.05) is 0 Å². The number of aromatic amines is 1. The summed E-state index contributed by atoms with van der Waals surface area (Å²) in [6.45, 7) is 5.00. The molecule has 0 fully saturated rings. The van der Waals surface area contributed by atoms with Gasteiger partial charge in [-0.25, -0.2) is 0 Å². The van der Waals surface area contributed by atoms with Gasteiger partial charge in [0.1, 0.15) is 0 Å². The summed E-state index contributed by atoms with van der Waals surface area (Å²) in [5.74, 6) is -0.133. The van der Waals surface area contributed by atoms with Crippen LogP contribution in [0.2, 0.25) is 0 Å². The summed E-state index contributed by atoms with van der Waals surface area (Å²) in [5, 5.41) is 9.07. The minimum absolute atomic E-state index is 0.0114. The Morgan fingerprint density at radius 3 is 3.14 bits per heavy atom. The monoisotopic (exact) mass is 197 g/mol. The van der Waals surface area contributed by atoms with Crippen LogP contribution in [0, 0.1) is 0 Å². The Bertz CT molecular complexity index is 272. The molecule has 1 amide bonds. The Hall–Kier alpha value is -1.36. The van der Waals surface area contributed by atoms with Crippen LogP contribution in [0.3, 0.4) is 0 Å². The van der Waals surface area contributed by atoms with E-state index < -0.39 is 0 Å². The van der Waals surface area contributed by atoms with Gasteiger partial charge >= 0.3 is 0 Å². The number of hydrogen-bond acceptors (Lipinski definition) is 3. The lowest BCUT2D eigenvalue weighted by atomic mass is 10.3. The second-order valence-electron chi connectivity index (χ2n) is 3.02. The van der Waals surface area contributed by atoms with Crippen LogP contribution in [0.5, 0.6) is 0 Å². The summed E-state index contributed by atoms with van der Waals surface area (Å²) < 4.78 is 5.18. The fraction of sp³-hybridized carbons (Fsp3) is 0.556. The van der Waals surface area contributed by atoms with Gasteiger partial charge in [0, 0.05) is 18.8 Å². The minimum Gasteiger partial charge on any atom is -0.380 e. The molecule has 1 atom stereocenters. The standard InChI is InChI=1S/C9H15N3O2/c1-3-14-6-7(2)12-9(13)8-4-10-11-5-8/h4-5,7H,3,6H2,1-2H3,(H,10,11)(H,12,13). The molecule has 1 heterocycles. The fourth-order valence-electron chi connectivity index (χ4n) is 1.02. The molecule has 0 spiro atoms. The first kappa shape index (κ1) is 10.7. The lowest BCUT2D eigenvalue weighted by Crippen LogP contribution is -2.35. The highest BCUT2D eigenvalue weighted by atomic mass is 16.5. The van der Waals surface area contributed by atoms with Crippen LogP contribution in [0.15, 0.2) is 12.4 Å². The molecule has 0 aliphatic carbocycles. The lowest BCUT2D eigenvalue weighted by molar-refractivity contribution is 0.0872. The van der Waals surface area contributed by atoms with Crippen molar-refractivity contribution in [3.63, 3.8) is 0 Å². The number of nitrogens with one attached hydrogen (secondary N) is 2. The van der Waals surface area contributed by atoms with E-state index in [1.807, 2.05) is 13.8 Å². The maximum absolute atomic E-state index is 11.5. The predicted octanol–water partition coefficient (Wildman–Crippen LogP) is 0.564. The van der Waals surface area contributed by atoms with Gasteiger partial charge in [0.05, 0.1) is 18.4 Å². The summed E-state index contributed by atoms with van der Waals surface area (Å²) >= 11 is 0. The number of amides is 1. The van der Waals surface area contributed by atoms with Gasteiger partial charge in [-0.05, 0) is 13.8 Å². The molecule has 14 heavy (non-hydrogen) atoms. The molecule has 1 aromatic rings. The van der Waals surface area contributed by atoms with Crippen LogP contribution in [0.4, 0.5) is 0 Å². The number of ether oxygens (including phenoxy) is 1. The van der Waals surface area contributed by atoms with Crippen LogP contribution in [-0.2, 0) is 4.74 Å². The van der Waals surface area contributed by atoms with Crippen molar-refractivity contribution in [1.82, 2.24) is 15.5 Å². The normalized spacial score (nSPS) is 12.4. The topological polar surface area (TPSA) is 67.0 Å². The molecule has 1 rings (SSSR count). The van der Waals surface area contributed by atoms with E-state index in [1.165, 1.54) is 6.20 Å². The van der Waals surface area contributed by atoms with Gasteiger partial charge in [-0.2, -0.15) is 5.10 Å². The SMILES string of the molecule is CCOCC(C)NC(=O)c1cn[nH]c1. The first-order valence-electron chi connectivity index (χ1n) is 4.61. The zero-order chi connectivity index (χ0) is 10.4. The van der Waals surface area contributed by atoms with Crippen molar-refractivity contribution in [2.75, 3.05) is 13.2 Å². The molecule has 0 saturated heterocycles. The third-order valence-electron chi connectivity index (χ3n) is 1.71. The highest BCUT2D eigenvalue weighted by Crippen LogP contribution is 1.94. The number of nitrogens with zero attached hydrogens (tertiary/aromatic N) is 1. The third kappa shape index (κ3) is 3.18. The summed E-state index contributed by atoms with van der Waals surface area (Å²) in [4.78, 5) is 11.5. The number of carbonyl (C=O) groups is 1. The van der Waals surface area contributed by atoms with Crippen LogP contribution in [0.25, 0.3) is 0 Å². The number of rotatable bonds is 5. The van der Waals surface area contributed by atoms with Gasteiger partial charge in [0.25, 0.3) is 5.91 Å². The summed E-state index contributed by atoms with van der Waals surface area (Å²) in [5.41, 5.74) is 0.536. The Kier molecular flexibility index (Phi) is 4.12. The van der Waals surface area contributed by atoms with E-state index in [9.17, 15) is 4.79 Å². The minimum atomic E-state index is -0.133. The Balaban J connectivity index is 2.34. The molecule has 1 aromatic heterocycles. The maximum atomic E-state index is 11.5. The Morgan fingerprint density at radius 1 is 1.79 bits per heavy atom. The van der Waals surface area contributed by atoms with Crippen molar-refractivity contribution in [2.24, 2.45) is 0 Å². The van der Waals surface area contributed by atoms with Crippen LogP contribution in [0.1, 0.15) is 24.2 Å². The molecule has 2 N–H and O–H groups in total. The van der Waals surface area contributed by atoms with Gasteiger partial charge < -0.3 is 10.1 Å². The average Bonchev–Trinajstić information content (AvgIpc) is 2.67. The molecule has 5 nitrogen and oxygen atoms in total. The van der Waals surface area contributed by atoms with Crippen molar-refractivity contribution in [1.29, 1.82) is 0 Å². The number of aromatic nitrogens is 2. The van der Waals surface area contributed by atoms with Crippen molar-refractivity contribution in [2.45, 2.75) is 19.9 Å². The third-order valence-corrected chi connectivity index (χ3v) is 1.71. The highest BCUT2D eigenvalue weighted by Gasteiger charge is 2.09. The Labute approximate surface area is 82.8 Å². The van der Waals surface area contributed by atoms with Crippen LogP contribution >= 0.6 is 0 Å². The van der Waals surface area contributed by atoms with Gasteiger partial charge in [-0.15, -0.1) is 0 Å². The first-order valence-corrected chi connectivity index (χ1v) is 4.61. The van der Waals surface area contributed by atoms with E-state index in [1.54, 1.807) is 6.20 Å². The van der Waals surface area contributed by atoms with Gasteiger partial charge in [-0.3, -0.25) is 9.89 Å². The van der Waals surface area contributed by atoms with E-state index in [0.717, 1.165) is 0 Å². The average molecular weight is 197 g/mol. The Morgan fingerprint density at radius 2 is 2.57 bits per heavy atom. The zero-order valence-corrected chi connectivity index (χ0v) is 8.41. The first-order chi connectivity index (χ1) is 6.74. The van der Waals surface area contributed by atoms with Crippen molar-refractivity contribution in [3.8, 4) is 0 Å². The summed E-state index contributed by atoms with van der Waals surface area (Å²) in [6.07, 6.45) is 3.05. The zero-order valence-electron chi connectivity index (χ0n) is 8.41. The van der Waals surface area contributed by atoms with Crippen molar-refractivity contribution >= 4 is 5.91 Å². The molecular weight excluding hydrogens is 182 g/mol. The van der Waals surface area contributed by atoms with E-state index in [-0.39, 0.29) is 11.9 Å². The molecule has 0 aliphatic heterocycles. The quantitative estimate of drug-likeness (QED) is 0.725. The van der Waals surface area contributed by atoms with E-state index in [4.69, 9.17) is 4.74 Å². The second kappa shape index (κ2) is 5.39. The molecule has 0 radical (unpaired) electrons. The van der Waals surface area contributed by atoms with Gasteiger partial charge in [0.15, 0.2) is 0 Å². The molecule has 0 aliphatic rings. The molecule has 0 bridgehead atoms. The summed E-state index contributed by atoms with van der Waals surface area (Å²) in [7, 11) is 0. The van der Waals surface area contributed by atoms with Gasteiger partial charge in [0.2, 0.25) is 0 Å². The van der Waals surface area contributed by atoms with E-state index in [2.05, 4.69) is 15.5 Å². The highest BCUT2D eigenvalue weighted by molar-refractivity contribution is 5.93. The predicted molar refractivity (Wildman–Crippen MR) is 52.0 cm³/mol.